The average Bonchev–Trinajstić information content (AvgIpc) is 2.28. The highest BCUT2D eigenvalue weighted by Gasteiger charge is 2.19. The smallest absolute Gasteiger partial charge is 0.133 e. The van der Waals surface area contributed by atoms with Crippen LogP contribution in [-0.4, -0.2) is 7.05 Å². The minimum Gasteiger partial charge on any atom is -0.313 e. The van der Waals surface area contributed by atoms with Crippen LogP contribution in [0.2, 0.25) is 0 Å². The molecule has 1 aromatic carbocycles. The summed E-state index contributed by atoms with van der Waals surface area (Å²) in [6, 6.07) is 2.46. The molecule has 0 radical (unpaired) electrons. The second-order valence-corrected chi connectivity index (χ2v) is 3.80. The van der Waals surface area contributed by atoms with Crippen molar-refractivity contribution in [3.8, 4) is 0 Å². The summed E-state index contributed by atoms with van der Waals surface area (Å²) in [4.78, 5) is 0. The van der Waals surface area contributed by atoms with Gasteiger partial charge in [-0.3, -0.25) is 0 Å². The topological polar surface area (TPSA) is 12.0 Å². The van der Waals surface area contributed by atoms with Gasteiger partial charge >= 0.3 is 0 Å². The summed E-state index contributed by atoms with van der Waals surface area (Å²) in [6.45, 7) is 5.25. The van der Waals surface area contributed by atoms with Crippen molar-refractivity contribution < 1.29 is 8.78 Å². The number of allylic oxidation sites excluding steroid dienone is 1. The third-order valence-corrected chi connectivity index (χ3v) is 2.68. The quantitative estimate of drug-likeness (QED) is 0.756. The van der Waals surface area contributed by atoms with Crippen LogP contribution >= 0.6 is 0 Å². The van der Waals surface area contributed by atoms with Crippen molar-refractivity contribution >= 4 is 0 Å². The number of hydrogen-bond donors (Lipinski definition) is 1. The van der Waals surface area contributed by atoms with Crippen molar-refractivity contribution in [1.82, 2.24) is 5.32 Å². The molecule has 1 N–H and O–H groups in total. The van der Waals surface area contributed by atoms with Gasteiger partial charge in [-0.15, -0.1) is 6.58 Å². The van der Waals surface area contributed by atoms with E-state index >= 15 is 0 Å². The van der Waals surface area contributed by atoms with E-state index in [2.05, 4.69) is 11.9 Å². The van der Waals surface area contributed by atoms with E-state index in [1.807, 2.05) is 0 Å². The summed E-state index contributed by atoms with van der Waals surface area (Å²) in [5, 5.41) is 2.93. The molecule has 1 atom stereocenters. The molecule has 1 nitrogen and oxygen atoms in total. The largest absolute Gasteiger partial charge is 0.313 e. The normalized spacial score (nSPS) is 12.5. The Morgan fingerprint density at radius 1 is 1.44 bits per heavy atom. The van der Waals surface area contributed by atoms with Crippen LogP contribution in [0.5, 0.6) is 0 Å². The third kappa shape index (κ3) is 2.67. The molecule has 16 heavy (non-hydrogen) atoms. The van der Waals surface area contributed by atoms with E-state index in [0.29, 0.717) is 12.0 Å². The first-order chi connectivity index (χ1) is 7.61. The molecule has 0 aromatic heterocycles. The first-order valence-electron chi connectivity index (χ1n) is 5.34. The number of benzene rings is 1. The van der Waals surface area contributed by atoms with Crippen LogP contribution in [0.1, 0.15) is 30.0 Å². The predicted molar refractivity (Wildman–Crippen MR) is 62.3 cm³/mol. The fraction of sp³-hybridized carbons (Fsp3) is 0.385. The van der Waals surface area contributed by atoms with Crippen molar-refractivity contribution in [2.24, 2.45) is 0 Å². The summed E-state index contributed by atoms with van der Waals surface area (Å²) in [6.07, 6.45) is 3.10. The molecule has 1 unspecified atom stereocenters. The van der Waals surface area contributed by atoms with E-state index in [1.165, 1.54) is 12.1 Å². The molecule has 3 heteroatoms. The molecular formula is C13H17F2N. The van der Waals surface area contributed by atoms with E-state index in [1.54, 1.807) is 20.0 Å². The van der Waals surface area contributed by atoms with Gasteiger partial charge in [-0.2, -0.15) is 0 Å². The van der Waals surface area contributed by atoms with Crippen molar-refractivity contribution in [2.45, 2.75) is 25.8 Å². The number of rotatable bonds is 5. The molecule has 0 fully saturated rings. The maximum absolute atomic E-state index is 13.8. The number of nitrogens with one attached hydrogen (secondary N) is 1. The highest BCUT2D eigenvalue weighted by molar-refractivity contribution is 5.29. The van der Waals surface area contributed by atoms with Gasteiger partial charge in [-0.05, 0) is 38.4 Å². The third-order valence-electron chi connectivity index (χ3n) is 2.68. The molecule has 0 aliphatic carbocycles. The van der Waals surface area contributed by atoms with E-state index in [4.69, 9.17) is 0 Å². The standard InChI is InChI=1S/C13H17F2N/c1-4-5-6-11(16-3)12-10(14)8-7-9(2)13(12)15/h4,7-8,11,16H,1,5-6H2,2-3H3. The number of aryl methyl sites for hydroxylation is 1. The van der Waals surface area contributed by atoms with Gasteiger partial charge in [0.1, 0.15) is 11.6 Å². The lowest BCUT2D eigenvalue weighted by molar-refractivity contribution is 0.471. The Labute approximate surface area is 95.2 Å². The molecule has 0 amide bonds. The Balaban J connectivity index is 3.07. The van der Waals surface area contributed by atoms with Crippen LogP contribution in [-0.2, 0) is 0 Å². The molecule has 0 heterocycles. The van der Waals surface area contributed by atoms with Crippen LogP contribution in [0, 0.1) is 18.6 Å². The van der Waals surface area contributed by atoms with E-state index in [9.17, 15) is 8.78 Å². The SMILES string of the molecule is C=CCCC(NC)c1c(F)ccc(C)c1F. The summed E-state index contributed by atoms with van der Waals surface area (Å²) in [5.41, 5.74) is 0.597. The molecule has 1 rings (SSSR count). The fourth-order valence-electron chi connectivity index (χ4n) is 1.72. The molecule has 88 valence electrons. The Bertz CT molecular complexity index is 374. The zero-order valence-corrected chi connectivity index (χ0v) is 9.69. The highest BCUT2D eigenvalue weighted by Crippen LogP contribution is 2.26. The second kappa shape index (κ2) is 5.75. The first kappa shape index (κ1) is 12.8. The van der Waals surface area contributed by atoms with E-state index in [-0.39, 0.29) is 11.6 Å². The lowest BCUT2D eigenvalue weighted by Gasteiger charge is -2.18. The molecule has 0 bridgehead atoms. The minimum absolute atomic E-state index is 0.129. The zero-order chi connectivity index (χ0) is 12.1. The van der Waals surface area contributed by atoms with Crippen LogP contribution in [0.4, 0.5) is 8.78 Å². The minimum atomic E-state index is -0.494. The van der Waals surface area contributed by atoms with Gasteiger partial charge in [0.05, 0.1) is 0 Å². The lowest BCUT2D eigenvalue weighted by atomic mass is 9.99. The number of hydrogen-bond acceptors (Lipinski definition) is 1. The van der Waals surface area contributed by atoms with Crippen LogP contribution in [0.15, 0.2) is 24.8 Å². The Kier molecular flexibility index (Phi) is 4.62. The zero-order valence-electron chi connectivity index (χ0n) is 9.69. The van der Waals surface area contributed by atoms with Gasteiger partial charge in [0.2, 0.25) is 0 Å². The van der Waals surface area contributed by atoms with Crippen LogP contribution in [0.25, 0.3) is 0 Å². The molecule has 0 saturated heterocycles. The summed E-state index contributed by atoms with van der Waals surface area (Å²) in [5.74, 6) is -0.949. The highest BCUT2D eigenvalue weighted by atomic mass is 19.1. The van der Waals surface area contributed by atoms with Gasteiger partial charge in [-0.25, -0.2) is 8.78 Å². The van der Waals surface area contributed by atoms with Gasteiger partial charge in [-0.1, -0.05) is 12.1 Å². The summed E-state index contributed by atoms with van der Waals surface area (Å²) in [7, 11) is 1.70. The van der Waals surface area contributed by atoms with E-state index < -0.39 is 11.6 Å². The van der Waals surface area contributed by atoms with Gasteiger partial charge in [0.15, 0.2) is 0 Å². The molecule has 0 spiro atoms. The van der Waals surface area contributed by atoms with Crippen molar-refractivity contribution in [3.63, 3.8) is 0 Å². The summed E-state index contributed by atoms with van der Waals surface area (Å²) >= 11 is 0. The van der Waals surface area contributed by atoms with Crippen LogP contribution in [0.3, 0.4) is 0 Å². The predicted octanol–water partition coefficient (Wildman–Crippen LogP) is 3.50. The van der Waals surface area contributed by atoms with Gasteiger partial charge in [0, 0.05) is 11.6 Å². The molecule has 0 saturated carbocycles. The second-order valence-electron chi connectivity index (χ2n) is 3.80. The lowest BCUT2D eigenvalue weighted by Crippen LogP contribution is -2.19. The average molecular weight is 225 g/mol. The maximum atomic E-state index is 13.8. The van der Waals surface area contributed by atoms with Gasteiger partial charge < -0.3 is 5.32 Å². The maximum Gasteiger partial charge on any atom is 0.133 e. The fourth-order valence-corrected chi connectivity index (χ4v) is 1.72. The van der Waals surface area contributed by atoms with Crippen molar-refractivity contribution in [1.29, 1.82) is 0 Å². The Morgan fingerprint density at radius 2 is 2.12 bits per heavy atom. The molecule has 1 aromatic rings. The summed E-state index contributed by atoms with van der Waals surface area (Å²) < 4.78 is 27.4. The van der Waals surface area contributed by atoms with Gasteiger partial charge in [0.25, 0.3) is 0 Å². The van der Waals surface area contributed by atoms with E-state index in [0.717, 1.165) is 6.42 Å². The number of halogens is 2. The first-order valence-corrected chi connectivity index (χ1v) is 5.34. The monoisotopic (exact) mass is 225 g/mol. The molecule has 0 aliphatic rings. The Hall–Kier alpha value is -1.22. The Morgan fingerprint density at radius 3 is 2.69 bits per heavy atom. The molecule has 0 aliphatic heterocycles. The van der Waals surface area contributed by atoms with Crippen LogP contribution < -0.4 is 5.32 Å². The van der Waals surface area contributed by atoms with Crippen molar-refractivity contribution in [3.05, 3.63) is 47.5 Å². The van der Waals surface area contributed by atoms with Crippen molar-refractivity contribution in [2.75, 3.05) is 7.05 Å². The molecular weight excluding hydrogens is 208 g/mol.